The van der Waals surface area contributed by atoms with Crippen LogP contribution in [0.5, 0.6) is 0 Å². The maximum atomic E-state index is 11.7. The molecular formula is C10H14N2O4. The highest BCUT2D eigenvalue weighted by Gasteiger charge is 2.29. The Morgan fingerprint density at radius 1 is 1.56 bits per heavy atom. The third-order valence-electron chi connectivity index (χ3n) is 1.95. The molecule has 0 aromatic rings. The Morgan fingerprint density at radius 2 is 2.19 bits per heavy atom. The number of carbonyl (C=O) groups is 3. The fourth-order valence-electron chi connectivity index (χ4n) is 1.40. The van der Waals surface area contributed by atoms with Crippen LogP contribution < -0.4 is 5.32 Å². The Morgan fingerprint density at radius 3 is 2.69 bits per heavy atom. The average Bonchev–Trinajstić information content (AvgIpc) is 2.11. The van der Waals surface area contributed by atoms with Gasteiger partial charge < -0.3 is 15.3 Å². The molecule has 1 heterocycles. The number of rotatable bonds is 3. The number of carbonyl (C=O) groups excluding carboxylic acids is 2. The quantitative estimate of drug-likeness (QED) is 0.639. The number of piperazine rings is 1. The van der Waals surface area contributed by atoms with Crippen molar-refractivity contribution in [3.05, 3.63) is 11.8 Å². The predicted octanol–water partition coefficient (Wildman–Crippen LogP) is -0.431. The summed E-state index contributed by atoms with van der Waals surface area (Å²) in [5, 5.41) is 11.0. The van der Waals surface area contributed by atoms with E-state index in [4.69, 9.17) is 5.11 Å². The predicted molar refractivity (Wildman–Crippen MR) is 55.3 cm³/mol. The fourth-order valence-corrected chi connectivity index (χ4v) is 1.40. The van der Waals surface area contributed by atoms with E-state index in [-0.39, 0.29) is 24.1 Å². The zero-order valence-corrected chi connectivity index (χ0v) is 9.19. The van der Waals surface area contributed by atoms with Gasteiger partial charge in [-0.2, -0.15) is 0 Å². The summed E-state index contributed by atoms with van der Waals surface area (Å²) in [7, 11) is 0. The topological polar surface area (TPSA) is 86.7 Å². The second kappa shape index (κ2) is 4.78. The summed E-state index contributed by atoms with van der Waals surface area (Å²) in [5.74, 6) is -1.85. The van der Waals surface area contributed by atoms with Gasteiger partial charge in [-0.3, -0.25) is 14.4 Å². The van der Waals surface area contributed by atoms with Gasteiger partial charge in [-0.15, -0.1) is 0 Å². The summed E-state index contributed by atoms with van der Waals surface area (Å²) in [4.78, 5) is 34.5. The van der Waals surface area contributed by atoms with Gasteiger partial charge in [-0.05, 0) is 5.92 Å². The van der Waals surface area contributed by atoms with Crippen molar-refractivity contribution in [2.24, 2.45) is 5.92 Å². The number of nitrogens with one attached hydrogen (secondary N) is 1. The molecule has 0 unspecified atom stereocenters. The molecule has 0 spiro atoms. The molecule has 1 fully saturated rings. The number of hydrogen-bond donors (Lipinski definition) is 2. The van der Waals surface area contributed by atoms with Crippen LogP contribution in [-0.4, -0.2) is 40.9 Å². The van der Waals surface area contributed by atoms with Gasteiger partial charge in [0.15, 0.2) is 0 Å². The monoisotopic (exact) mass is 226 g/mol. The maximum absolute atomic E-state index is 11.7. The molecule has 0 radical (unpaired) electrons. The van der Waals surface area contributed by atoms with Crippen molar-refractivity contribution in [1.82, 2.24) is 10.2 Å². The third-order valence-corrected chi connectivity index (χ3v) is 1.95. The fraction of sp³-hybridized carbons (Fsp3) is 0.500. The number of allylic oxidation sites excluding steroid dienone is 1. The first kappa shape index (κ1) is 12.2. The molecule has 0 saturated carbocycles. The van der Waals surface area contributed by atoms with Crippen LogP contribution in [0, 0.1) is 5.92 Å². The van der Waals surface area contributed by atoms with Crippen molar-refractivity contribution in [3.63, 3.8) is 0 Å². The Hall–Kier alpha value is -1.85. The smallest absolute Gasteiger partial charge is 0.323 e. The van der Waals surface area contributed by atoms with Crippen LogP contribution in [0.1, 0.15) is 13.8 Å². The lowest BCUT2D eigenvalue weighted by atomic mass is 10.1. The molecule has 0 aromatic heterocycles. The molecule has 6 nitrogen and oxygen atoms in total. The minimum absolute atomic E-state index is 0.101. The van der Waals surface area contributed by atoms with E-state index in [9.17, 15) is 14.4 Å². The SMILES string of the molecule is CC(C)C=C1NC(=O)CN(CC(=O)O)C1=O. The largest absolute Gasteiger partial charge is 0.480 e. The van der Waals surface area contributed by atoms with E-state index in [1.807, 2.05) is 13.8 Å². The highest BCUT2D eigenvalue weighted by molar-refractivity contribution is 6.04. The van der Waals surface area contributed by atoms with Crippen molar-refractivity contribution in [1.29, 1.82) is 0 Å². The zero-order chi connectivity index (χ0) is 12.3. The summed E-state index contributed by atoms with van der Waals surface area (Å²) in [5.41, 5.74) is 0.160. The highest BCUT2D eigenvalue weighted by Crippen LogP contribution is 2.08. The molecule has 0 aliphatic carbocycles. The van der Waals surface area contributed by atoms with Crippen LogP contribution >= 0.6 is 0 Å². The number of nitrogens with zero attached hydrogens (tertiary/aromatic N) is 1. The van der Waals surface area contributed by atoms with Crippen molar-refractivity contribution in [3.8, 4) is 0 Å². The van der Waals surface area contributed by atoms with Crippen molar-refractivity contribution < 1.29 is 19.5 Å². The molecule has 1 rings (SSSR count). The van der Waals surface area contributed by atoms with Gasteiger partial charge in [0.25, 0.3) is 5.91 Å². The first-order chi connectivity index (χ1) is 7.40. The third kappa shape index (κ3) is 3.08. The summed E-state index contributed by atoms with van der Waals surface area (Å²) in [6.07, 6.45) is 1.61. The summed E-state index contributed by atoms with van der Waals surface area (Å²) >= 11 is 0. The van der Waals surface area contributed by atoms with E-state index in [2.05, 4.69) is 5.32 Å². The van der Waals surface area contributed by atoms with E-state index in [0.29, 0.717) is 0 Å². The molecular weight excluding hydrogens is 212 g/mol. The summed E-state index contributed by atoms with van der Waals surface area (Å²) < 4.78 is 0. The van der Waals surface area contributed by atoms with Gasteiger partial charge in [-0.25, -0.2) is 0 Å². The Kier molecular flexibility index (Phi) is 3.65. The van der Waals surface area contributed by atoms with Gasteiger partial charge in [0.05, 0.1) is 0 Å². The van der Waals surface area contributed by atoms with Crippen molar-refractivity contribution in [2.45, 2.75) is 13.8 Å². The number of carboxylic acid groups (broad SMARTS) is 1. The number of aliphatic carboxylic acids is 1. The molecule has 1 aliphatic rings. The van der Waals surface area contributed by atoms with E-state index in [0.717, 1.165) is 4.90 Å². The van der Waals surface area contributed by atoms with E-state index in [1.165, 1.54) is 0 Å². The second-order valence-corrected chi connectivity index (χ2v) is 3.93. The lowest BCUT2D eigenvalue weighted by Crippen LogP contribution is -2.51. The van der Waals surface area contributed by atoms with Crippen LogP contribution in [0.2, 0.25) is 0 Å². The molecule has 0 aromatic carbocycles. The first-order valence-corrected chi connectivity index (χ1v) is 4.93. The lowest BCUT2D eigenvalue weighted by Gasteiger charge is -2.27. The standard InChI is InChI=1S/C10H14N2O4/c1-6(2)3-7-10(16)12(5-9(14)15)4-8(13)11-7/h3,6H,4-5H2,1-2H3,(H,11,13)(H,14,15). The molecule has 1 saturated heterocycles. The lowest BCUT2D eigenvalue weighted by molar-refractivity contribution is -0.146. The second-order valence-electron chi connectivity index (χ2n) is 3.93. The van der Waals surface area contributed by atoms with Gasteiger partial charge >= 0.3 is 5.97 Å². The first-order valence-electron chi connectivity index (χ1n) is 4.93. The van der Waals surface area contributed by atoms with Crippen LogP contribution in [-0.2, 0) is 14.4 Å². The summed E-state index contributed by atoms with van der Waals surface area (Å²) in [6, 6.07) is 0. The number of hydrogen-bond acceptors (Lipinski definition) is 3. The zero-order valence-electron chi connectivity index (χ0n) is 9.19. The molecule has 6 heteroatoms. The Balaban J connectivity index is 2.86. The number of carboxylic acids is 1. The normalized spacial score (nSPS) is 19.2. The molecule has 88 valence electrons. The minimum Gasteiger partial charge on any atom is -0.480 e. The van der Waals surface area contributed by atoms with E-state index < -0.39 is 18.4 Å². The average molecular weight is 226 g/mol. The highest BCUT2D eigenvalue weighted by atomic mass is 16.4. The molecule has 2 amide bonds. The van der Waals surface area contributed by atoms with Gasteiger partial charge in [-0.1, -0.05) is 19.9 Å². The Bertz CT molecular complexity index is 358. The molecule has 0 atom stereocenters. The summed E-state index contributed by atoms with van der Waals surface area (Å²) in [6.45, 7) is 3.06. The van der Waals surface area contributed by atoms with E-state index >= 15 is 0 Å². The minimum atomic E-state index is -1.13. The van der Waals surface area contributed by atoms with Gasteiger partial charge in [0, 0.05) is 0 Å². The van der Waals surface area contributed by atoms with Gasteiger partial charge in [0.1, 0.15) is 18.8 Å². The molecule has 16 heavy (non-hydrogen) atoms. The van der Waals surface area contributed by atoms with Crippen LogP contribution in [0.4, 0.5) is 0 Å². The van der Waals surface area contributed by atoms with Crippen LogP contribution in [0.3, 0.4) is 0 Å². The van der Waals surface area contributed by atoms with Crippen molar-refractivity contribution >= 4 is 17.8 Å². The Labute approximate surface area is 92.9 Å². The van der Waals surface area contributed by atoms with E-state index in [1.54, 1.807) is 6.08 Å². The van der Waals surface area contributed by atoms with Crippen LogP contribution in [0.25, 0.3) is 0 Å². The maximum Gasteiger partial charge on any atom is 0.323 e. The van der Waals surface area contributed by atoms with Crippen LogP contribution in [0.15, 0.2) is 11.8 Å². The molecule has 0 bridgehead atoms. The van der Waals surface area contributed by atoms with Gasteiger partial charge in [0.2, 0.25) is 5.91 Å². The molecule has 1 aliphatic heterocycles. The van der Waals surface area contributed by atoms with Crippen molar-refractivity contribution in [2.75, 3.05) is 13.1 Å². The number of amides is 2. The molecule has 2 N–H and O–H groups in total.